The quantitative estimate of drug-likeness (QED) is 0.594. The summed E-state index contributed by atoms with van der Waals surface area (Å²) in [5.41, 5.74) is 5.93. The van der Waals surface area contributed by atoms with Crippen LogP contribution in [0.2, 0.25) is 0 Å². The molecule has 0 aromatic carbocycles. The summed E-state index contributed by atoms with van der Waals surface area (Å²) in [7, 11) is 0. The Bertz CT molecular complexity index is 820. The second-order valence-electron chi connectivity index (χ2n) is 5.42. The van der Waals surface area contributed by atoms with Gasteiger partial charge in [-0.3, -0.25) is 9.59 Å². The van der Waals surface area contributed by atoms with Gasteiger partial charge in [0.2, 0.25) is 5.91 Å². The lowest BCUT2D eigenvalue weighted by Crippen LogP contribution is -2.16. The topological polar surface area (TPSA) is 98.5 Å². The van der Waals surface area contributed by atoms with Crippen LogP contribution in [0.15, 0.2) is 23.6 Å². The SMILES string of the molecule is Cc1c(C(=O)OC(C)C)sc(NC(=O)/C=C/c2cccs2)c1C(N)=O. The van der Waals surface area contributed by atoms with Gasteiger partial charge in [0.1, 0.15) is 9.88 Å². The molecule has 0 atom stereocenters. The van der Waals surface area contributed by atoms with E-state index in [9.17, 15) is 14.4 Å². The van der Waals surface area contributed by atoms with Gasteiger partial charge >= 0.3 is 5.97 Å². The van der Waals surface area contributed by atoms with E-state index in [1.165, 1.54) is 17.4 Å². The first-order valence-electron chi connectivity index (χ1n) is 7.46. The molecular weight excluding hydrogens is 360 g/mol. The maximum atomic E-state index is 12.1. The molecule has 25 heavy (non-hydrogen) atoms. The van der Waals surface area contributed by atoms with Crippen LogP contribution >= 0.6 is 22.7 Å². The number of esters is 1. The van der Waals surface area contributed by atoms with Crippen LogP contribution in [0.4, 0.5) is 5.00 Å². The van der Waals surface area contributed by atoms with Crippen LogP contribution in [0.25, 0.3) is 6.08 Å². The van der Waals surface area contributed by atoms with Gasteiger partial charge in [-0.2, -0.15) is 0 Å². The van der Waals surface area contributed by atoms with Crippen molar-refractivity contribution in [2.45, 2.75) is 26.9 Å². The van der Waals surface area contributed by atoms with Crippen LogP contribution in [-0.4, -0.2) is 23.9 Å². The van der Waals surface area contributed by atoms with Gasteiger partial charge in [0.05, 0.1) is 11.7 Å². The Kier molecular flexibility index (Phi) is 6.11. The maximum absolute atomic E-state index is 12.1. The molecule has 6 nitrogen and oxygen atoms in total. The Morgan fingerprint density at radius 2 is 2.04 bits per heavy atom. The number of amides is 2. The van der Waals surface area contributed by atoms with Crippen molar-refractivity contribution in [1.29, 1.82) is 0 Å². The molecule has 0 bridgehead atoms. The minimum Gasteiger partial charge on any atom is -0.459 e. The lowest BCUT2D eigenvalue weighted by Gasteiger charge is -2.06. The lowest BCUT2D eigenvalue weighted by atomic mass is 10.1. The van der Waals surface area contributed by atoms with E-state index in [2.05, 4.69) is 5.32 Å². The van der Waals surface area contributed by atoms with Gasteiger partial charge in [-0.25, -0.2) is 4.79 Å². The van der Waals surface area contributed by atoms with Crippen LogP contribution in [0.3, 0.4) is 0 Å². The number of anilines is 1. The van der Waals surface area contributed by atoms with E-state index in [4.69, 9.17) is 10.5 Å². The first-order chi connectivity index (χ1) is 11.8. The van der Waals surface area contributed by atoms with Crippen LogP contribution in [0.5, 0.6) is 0 Å². The largest absolute Gasteiger partial charge is 0.459 e. The first kappa shape index (κ1) is 18.9. The summed E-state index contributed by atoms with van der Waals surface area (Å²) in [6, 6.07) is 3.75. The summed E-state index contributed by atoms with van der Waals surface area (Å²) in [6.45, 7) is 5.06. The van der Waals surface area contributed by atoms with Gasteiger partial charge in [0.15, 0.2) is 0 Å². The zero-order chi connectivity index (χ0) is 18.6. The summed E-state index contributed by atoms with van der Waals surface area (Å²) in [6.07, 6.45) is 2.73. The van der Waals surface area contributed by atoms with E-state index in [0.717, 1.165) is 16.2 Å². The normalized spacial score (nSPS) is 11.0. The highest BCUT2D eigenvalue weighted by atomic mass is 32.1. The molecule has 0 unspecified atom stereocenters. The lowest BCUT2D eigenvalue weighted by molar-refractivity contribution is -0.111. The van der Waals surface area contributed by atoms with E-state index >= 15 is 0 Å². The highest BCUT2D eigenvalue weighted by molar-refractivity contribution is 7.18. The molecular formula is C17H18N2O4S2. The Hall–Kier alpha value is -2.45. The monoisotopic (exact) mass is 378 g/mol. The predicted octanol–water partition coefficient (Wildman–Crippen LogP) is 3.43. The second-order valence-corrected chi connectivity index (χ2v) is 7.42. The molecule has 2 rings (SSSR count). The van der Waals surface area contributed by atoms with Crippen LogP contribution in [-0.2, 0) is 9.53 Å². The van der Waals surface area contributed by atoms with E-state index in [1.54, 1.807) is 26.8 Å². The molecule has 0 aliphatic rings. The molecule has 3 N–H and O–H groups in total. The summed E-state index contributed by atoms with van der Waals surface area (Å²) < 4.78 is 5.16. The van der Waals surface area contributed by atoms with Crippen molar-refractivity contribution in [3.63, 3.8) is 0 Å². The third kappa shape index (κ3) is 4.77. The first-order valence-corrected chi connectivity index (χ1v) is 9.16. The average molecular weight is 378 g/mol. The third-order valence-electron chi connectivity index (χ3n) is 3.10. The highest BCUT2D eigenvalue weighted by Crippen LogP contribution is 2.33. The fraction of sp³-hybridized carbons (Fsp3) is 0.235. The van der Waals surface area contributed by atoms with Gasteiger partial charge < -0.3 is 15.8 Å². The molecule has 8 heteroatoms. The number of ether oxygens (including phenoxy) is 1. The highest BCUT2D eigenvalue weighted by Gasteiger charge is 2.25. The summed E-state index contributed by atoms with van der Waals surface area (Å²) in [5.74, 6) is -1.68. The molecule has 0 aliphatic carbocycles. The smallest absolute Gasteiger partial charge is 0.348 e. The molecule has 0 saturated carbocycles. The Labute approximate surface area is 153 Å². The summed E-state index contributed by atoms with van der Waals surface area (Å²) in [4.78, 5) is 37.1. The van der Waals surface area contributed by atoms with Crippen molar-refractivity contribution < 1.29 is 19.1 Å². The van der Waals surface area contributed by atoms with Crippen LogP contribution in [0, 0.1) is 6.92 Å². The predicted molar refractivity (Wildman–Crippen MR) is 100 cm³/mol. The number of rotatable bonds is 6. The van der Waals surface area contributed by atoms with Gasteiger partial charge in [-0.05, 0) is 43.9 Å². The fourth-order valence-electron chi connectivity index (χ4n) is 2.06. The van der Waals surface area contributed by atoms with E-state index < -0.39 is 17.8 Å². The molecule has 0 aliphatic heterocycles. The van der Waals surface area contributed by atoms with Crippen molar-refractivity contribution >= 4 is 51.5 Å². The van der Waals surface area contributed by atoms with Crippen molar-refractivity contribution in [2.24, 2.45) is 5.73 Å². The van der Waals surface area contributed by atoms with Crippen molar-refractivity contribution in [1.82, 2.24) is 0 Å². The Morgan fingerprint density at radius 1 is 1.32 bits per heavy atom. The molecule has 132 valence electrons. The minimum atomic E-state index is -0.713. The standard InChI is InChI=1S/C17H18N2O4S2/c1-9(2)23-17(22)14-10(3)13(15(18)21)16(25-14)19-12(20)7-6-11-5-4-8-24-11/h4-9H,1-3H3,(H2,18,21)(H,19,20)/b7-6+. The number of nitrogens with two attached hydrogens (primary N) is 1. The van der Waals surface area contributed by atoms with Gasteiger partial charge in [-0.15, -0.1) is 22.7 Å². The number of thiophene rings is 2. The van der Waals surface area contributed by atoms with Crippen molar-refractivity contribution in [2.75, 3.05) is 5.32 Å². The number of hydrogen-bond acceptors (Lipinski definition) is 6. The summed E-state index contributed by atoms with van der Waals surface area (Å²) >= 11 is 2.47. The molecule has 0 spiro atoms. The van der Waals surface area contributed by atoms with Gasteiger partial charge in [0, 0.05) is 11.0 Å². The maximum Gasteiger partial charge on any atom is 0.348 e. The van der Waals surface area contributed by atoms with E-state index in [0.29, 0.717) is 5.56 Å². The third-order valence-corrected chi connectivity index (χ3v) is 5.13. The second kappa shape index (κ2) is 8.09. The molecule has 0 radical (unpaired) electrons. The zero-order valence-electron chi connectivity index (χ0n) is 14.0. The number of primary amides is 1. The van der Waals surface area contributed by atoms with Crippen molar-refractivity contribution in [3.05, 3.63) is 44.5 Å². The fourth-order valence-corrected chi connectivity index (χ4v) is 3.77. The van der Waals surface area contributed by atoms with Gasteiger partial charge in [-0.1, -0.05) is 6.07 Å². The molecule has 2 aromatic heterocycles. The molecule has 0 saturated heterocycles. The number of carbonyl (C=O) groups is 3. The van der Waals surface area contributed by atoms with E-state index in [-0.39, 0.29) is 21.5 Å². The molecule has 2 heterocycles. The van der Waals surface area contributed by atoms with Crippen LogP contribution < -0.4 is 11.1 Å². The molecule has 0 fully saturated rings. The number of nitrogens with one attached hydrogen (secondary N) is 1. The molecule has 2 aromatic rings. The van der Waals surface area contributed by atoms with Crippen molar-refractivity contribution in [3.8, 4) is 0 Å². The number of hydrogen-bond donors (Lipinski definition) is 2. The number of carbonyl (C=O) groups excluding carboxylic acids is 3. The summed E-state index contributed by atoms with van der Waals surface area (Å²) in [5, 5.41) is 4.75. The Balaban J connectivity index is 2.25. The average Bonchev–Trinajstić information content (AvgIpc) is 3.12. The van der Waals surface area contributed by atoms with E-state index in [1.807, 2.05) is 17.5 Å². The van der Waals surface area contributed by atoms with Gasteiger partial charge in [0.25, 0.3) is 5.91 Å². The Morgan fingerprint density at radius 3 is 2.60 bits per heavy atom. The zero-order valence-corrected chi connectivity index (χ0v) is 15.6. The van der Waals surface area contributed by atoms with Crippen LogP contribution in [0.1, 0.15) is 44.3 Å². The molecule has 2 amide bonds. The minimum absolute atomic E-state index is 0.124.